The summed E-state index contributed by atoms with van der Waals surface area (Å²) in [6, 6.07) is 11.7. The monoisotopic (exact) mass is 316 g/mol. The number of nitrogens with one attached hydrogen (secondary N) is 2. The molecule has 0 unspecified atom stereocenters. The van der Waals surface area contributed by atoms with Crippen LogP contribution < -0.4 is 10.6 Å². The van der Waals surface area contributed by atoms with Gasteiger partial charge in [-0.1, -0.05) is 30.3 Å². The lowest BCUT2D eigenvalue weighted by Gasteiger charge is -2.20. The Hall–Kier alpha value is -2.14. The molecule has 0 atom stereocenters. The zero-order valence-corrected chi connectivity index (χ0v) is 13.8. The van der Waals surface area contributed by atoms with E-state index >= 15 is 0 Å². The van der Waals surface area contributed by atoms with Crippen molar-refractivity contribution >= 4 is 23.2 Å². The third-order valence-electron chi connectivity index (χ3n) is 2.88. The first-order valence-electron chi connectivity index (χ1n) is 7.09. The zero-order valence-electron chi connectivity index (χ0n) is 13.0. The quantitative estimate of drug-likeness (QED) is 0.911. The molecular formula is C17H20N2O2S. The molecule has 0 saturated carbocycles. The van der Waals surface area contributed by atoms with Crippen LogP contribution >= 0.6 is 11.3 Å². The molecule has 4 nitrogen and oxygen atoms in total. The predicted molar refractivity (Wildman–Crippen MR) is 90.0 cm³/mol. The van der Waals surface area contributed by atoms with Gasteiger partial charge in [0.2, 0.25) is 5.91 Å². The summed E-state index contributed by atoms with van der Waals surface area (Å²) in [7, 11) is 0. The average Bonchev–Trinajstić information content (AvgIpc) is 2.93. The Kier molecular flexibility index (Phi) is 4.98. The van der Waals surface area contributed by atoms with E-state index in [9.17, 15) is 9.59 Å². The lowest BCUT2D eigenvalue weighted by molar-refractivity contribution is -0.121. The van der Waals surface area contributed by atoms with Crippen LogP contribution in [0.2, 0.25) is 0 Å². The number of amides is 2. The third kappa shape index (κ3) is 4.43. The first kappa shape index (κ1) is 16.2. The molecule has 0 aliphatic rings. The molecule has 2 amide bonds. The molecule has 116 valence electrons. The summed E-state index contributed by atoms with van der Waals surface area (Å²) < 4.78 is 0. The number of thiophene rings is 1. The van der Waals surface area contributed by atoms with Crippen molar-refractivity contribution in [3.63, 3.8) is 0 Å². The highest BCUT2D eigenvalue weighted by Crippen LogP contribution is 2.27. The van der Waals surface area contributed by atoms with Gasteiger partial charge in [0.25, 0.3) is 5.91 Å². The van der Waals surface area contributed by atoms with Crippen molar-refractivity contribution in [3.8, 4) is 11.1 Å². The van der Waals surface area contributed by atoms with Crippen molar-refractivity contribution in [2.45, 2.75) is 26.3 Å². The number of hydrogen-bond donors (Lipinski definition) is 2. The first-order valence-corrected chi connectivity index (χ1v) is 7.97. The van der Waals surface area contributed by atoms with E-state index in [4.69, 9.17) is 0 Å². The van der Waals surface area contributed by atoms with E-state index in [2.05, 4.69) is 10.6 Å². The molecule has 1 aromatic heterocycles. The van der Waals surface area contributed by atoms with Crippen molar-refractivity contribution in [3.05, 3.63) is 46.7 Å². The van der Waals surface area contributed by atoms with E-state index in [0.717, 1.165) is 11.1 Å². The van der Waals surface area contributed by atoms with Crippen LogP contribution in [0.1, 0.15) is 30.4 Å². The molecule has 0 aliphatic carbocycles. The van der Waals surface area contributed by atoms with Crippen LogP contribution in [0.15, 0.2) is 41.8 Å². The van der Waals surface area contributed by atoms with Crippen LogP contribution in [-0.2, 0) is 4.79 Å². The summed E-state index contributed by atoms with van der Waals surface area (Å²) in [5, 5.41) is 7.37. The van der Waals surface area contributed by atoms with Gasteiger partial charge in [-0.05, 0) is 37.8 Å². The van der Waals surface area contributed by atoms with Crippen LogP contribution in [0, 0.1) is 0 Å². The van der Waals surface area contributed by atoms with E-state index in [1.54, 1.807) is 0 Å². The average molecular weight is 316 g/mol. The van der Waals surface area contributed by atoms with Crippen molar-refractivity contribution in [2.24, 2.45) is 0 Å². The molecule has 2 N–H and O–H groups in total. The fourth-order valence-electron chi connectivity index (χ4n) is 2.03. The molecule has 1 heterocycles. The number of carbonyl (C=O) groups is 2. The van der Waals surface area contributed by atoms with Gasteiger partial charge in [0.1, 0.15) is 0 Å². The van der Waals surface area contributed by atoms with E-state index in [1.165, 1.54) is 11.3 Å². The highest BCUT2D eigenvalue weighted by atomic mass is 32.1. The maximum Gasteiger partial charge on any atom is 0.262 e. The fourth-order valence-corrected chi connectivity index (χ4v) is 2.87. The maximum atomic E-state index is 12.3. The molecule has 1 aromatic carbocycles. The molecule has 0 radical (unpaired) electrons. The molecule has 5 heteroatoms. The molecule has 0 bridgehead atoms. The first-order chi connectivity index (χ1) is 10.4. The summed E-state index contributed by atoms with van der Waals surface area (Å²) in [6.45, 7) is 5.68. The summed E-state index contributed by atoms with van der Waals surface area (Å²) in [5.74, 6) is -0.420. The topological polar surface area (TPSA) is 58.2 Å². The Morgan fingerprint density at radius 3 is 2.41 bits per heavy atom. The molecule has 0 fully saturated rings. The summed E-state index contributed by atoms with van der Waals surface area (Å²) in [5.41, 5.74) is 1.58. The van der Waals surface area contributed by atoms with Crippen LogP contribution in [0.5, 0.6) is 0 Å². The van der Waals surface area contributed by atoms with Gasteiger partial charge in [-0.2, -0.15) is 0 Å². The minimum Gasteiger partial charge on any atom is -0.350 e. The molecule has 22 heavy (non-hydrogen) atoms. The highest BCUT2D eigenvalue weighted by molar-refractivity contribution is 7.12. The minimum absolute atomic E-state index is 0.0256. The number of rotatable bonds is 4. The molecular weight excluding hydrogens is 296 g/mol. The number of hydrogen-bond acceptors (Lipinski definition) is 3. The zero-order chi connectivity index (χ0) is 16.2. The molecule has 2 aromatic rings. The second-order valence-corrected chi connectivity index (χ2v) is 6.93. The van der Waals surface area contributed by atoms with Gasteiger partial charge in [-0.15, -0.1) is 11.3 Å². The van der Waals surface area contributed by atoms with Crippen molar-refractivity contribution < 1.29 is 9.59 Å². The lowest BCUT2D eigenvalue weighted by atomic mass is 10.1. The summed E-state index contributed by atoms with van der Waals surface area (Å²) in [6.07, 6.45) is 0. The van der Waals surface area contributed by atoms with Crippen molar-refractivity contribution in [2.75, 3.05) is 6.54 Å². The van der Waals surface area contributed by atoms with E-state index in [1.807, 2.05) is 62.5 Å². The molecule has 0 saturated heterocycles. The Bertz CT molecular complexity index is 657. The smallest absolute Gasteiger partial charge is 0.262 e. The molecule has 0 aliphatic heterocycles. The van der Waals surface area contributed by atoms with Gasteiger partial charge in [0.15, 0.2) is 0 Å². The van der Waals surface area contributed by atoms with Gasteiger partial charge in [0, 0.05) is 11.1 Å². The van der Waals surface area contributed by atoms with Crippen LogP contribution in [0.25, 0.3) is 11.1 Å². The van der Waals surface area contributed by atoms with Gasteiger partial charge < -0.3 is 10.6 Å². The lowest BCUT2D eigenvalue weighted by Crippen LogP contribution is -2.45. The van der Waals surface area contributed by atoms with E-state index in [-0.39, 0.29) is 23.9 Å². The predicted octanol–water partition coefficient (Wildman–Crippen LogP) is 3.06. The molecule has 2 rings (SSSR count). The second-order valence-electron chi connectivity index (χ2n) is 6.01. The van der Waals surface area contributed by atoms with Crippen molar-refractivity contribution in [1.82, 2.24) is 10.6 Å². The molecule has 0 spiro atoms. The Morgan fingerprint density at radius 1 is 1.09 bits per heavy atom. The van der Waals surface area contributed by atoms with Gasteiger partial charge in [-0.25, -0.2) is 0 Å². The maximum absolute atomic E-state index is 12.3. The largest absolute Gasteiger partial charge is 0.350 e. The fraction of sp³-hybridized carbons (Fsp3) is 0.294. The van der Waals surface area contributed by atoms with Crippen LogP contribution in [-0.4, -0.2) is 23.9 Å². The Balaban J connectivity index is 2.03. The summed E-state index contributed by atoms with van der Waals surface area (Å²) in [4.78, 5) is 24.7. The van der Waals surface area contributed by atoms with E-state index in [0.29, 0.717) is 4.88 Å². The van der Waals surface area contributed by atoms with Crippen LogP contribution in [0.4, 0.5) is 0 Å². The number of carbonyl (C=O) groups excluding carboxylic acids is 2. The third-order valence-corrected chi connectivity index (χ3v) is 3.79. The normalized spacial score (nSPS) is 11.0. The SMILES string of the molecule is CC(C)(C)NC(=O)CNC(=O)c1sccc1-c1ccccc1. The van der Waals surface area contributed by atoms with E-state index < -0.39 is 0 Å². The minimum atomic E-state index is -0.306. The van der Waals surface area contributed by atoms with Crippen LogP contribution in [0.3, 0.4) is 0 Å². The summed E-state index contributed by atoms with van der Waals surface area (Å²) >= 11 is 1.37. The highest BCUT2D eigenvalue weighted by Gasteiger charge is 2.17. The van der Waals surface area contributed by atoms with Gasteiger partial charge >= 0.3 is 0 Å². The van der Waals surface area contributed by atoms with Gasteiger partial charge in [0.05, 0.1) is 11.4 Å². The van der Waals surface area contributed by atoms with Gasteiger partial charge in [-0.3, -0.25) is 9.59 Å². The second kappa shape index (κ2) is 6.75. The Labute approximate surface area is 134 Å². The van der Waals surface area contributed by atoms with Crippen molar-refractivity contribution in [1.29, 1.82) is 0 Å². The number of benzene rings is 1. The Morgan fingerprint density at radius 2 is 1.77 bits per heavy atom. The standard InChI is InChI=1S/C17H20N2O2S/c1-17(2,3)19-14(20)11-18-16(21)15-13(9-10-22-15)12-7-5-4-6-8-12/h4-10H,11H2,1-3H3,(H,18,21)(H,19,20).